The third-order valence-corrected chi connectivity index (χ3v) is 6.14. The Balaban J connectivity index is 1.54. The normalized spacial score (nSPS) is 17.0. The van der Waals surface area contributed by atoms with E-state index in [2.05, 4.69) is 21.1 Å². The molecule has 0 heterocycles. The molecule has 0 fully saturated rings. The molecule has 0 unspecified atom stereocenters. The second-order valence-corrected chi connectivity index (χ2v) is 8.60. The lowest BCUT2D eigenvalue weighted by atomic mass is 10.0. The molecule has 2 aromatic rings. The van der Waals surface area contributed by atoms with E-state index < -0.39 is 23.5 Å². The Morgan fingerprint density at radius 2 is 1.05 bits per heavy atom. The molecule has 0 aliphatic heterocycles. The number of allylic oxidation sites excluding steroid dienone is 6. The first-order valence-corrected chi connectivity index (χ1v) is 11.5. The van der Waals surface area contributed by atoms with Crippen LogP contribution in [0, 0.1) is 0 Å². The first-order valence-electron chi connectivity index (χ1n) is 10.7. The molecule has 0 amide bonds. The van der Waals surface area contributed by atoms with Gasteiger partial charge in [-0.2, -0.15) is 10.2 Å². The van der Waals surface area contributed by atoms with Gasteiger partial charge in [-0.3, -0.25) is 20.4 Å². The minimum absolute atomic E-state index is 0.280. The Morgan fingerprint density at radius 1 is 0.649 bits per heavy atom. The molecular weight excluding hydrogens is 496 g/mol. The van der Waals surface area contributed by atoms with Gasteiger partial charge in [-0.25, -0.2) is 9.59 Å². The number of hydrogen-bond donors (Lipinski definition) is 4. The van der Waals surface area contributed by atoms with E-state index in [1.807, 2.05) is 36.4 Å². The van der Waals surface area contributed by atoms with Gasteiger partial charge in [-0.05, 0) is 60.7 Å². The number of carboxylic acid groups (broad SMARTS) is 2. The zero-order chi connectivity index (χ0) is 26.4. The minimum atomic E-state index is -1.32. The second kappa shape index (κ2) is 11.1. The largest absolute Gasteiger partial charge is 0.478 e. The highest BCUT2D eigenvalue weighted by molar-refractivity contribution is 7.99. The number of ketones is 2. The van der Waals surface area contributed by atoms with Gasteiger partial charge in [-0.15, -0.1) is 0 Å². The minimum Gasteiger partial charge on any atom is -0.478 e. The van der Waals surface area contributed by atoms with Crippen LogP contribution in [0.15, 0.2) is 116 Å². The second-order valence-electron chi connectivity index (χ2n) is 7.51. The number of carbonyl (C=O) groups excluding carboxylic acids is 2. The van der Waals surface area contributed by atoms with Crippen molar-refractivity contribution in [2.24, 2.45) is 10.2 Å². The van der Waals surface area contributed by atoms with Crippen molar-refractivity contribution in [3.8, 4) is 0 Å². The maximum atomic E-state index is 11.7. The number of carbonyl (C=O) groups is 4. The van der Waals surface area contributed by atoms with Gasteiger partial charge in [-0.1, -0.05) is 36.0 Å². The van der Waals surface area contributed by atoms with Crippen molar-refractivity contribution in [2.45, 2.75) is 9.79 Å². The van der Waals surface area contributed by atoms with Gasteiger partial charge < -0.3 is 10.2 Å². The van der Waals surface area contributed by atoms with Crippen LogP contribution in [0.2, 0.25) is 0 Å². The number of carboxylic acids is 2. The van der Waals surface area contributed by atoms with Crippen LogP contribution in [0.4, 0.5) is 11.4 Å². The fourth-order valence-electron chi connectivity index (χ4n) is 3.17. The smallest absolute Gasteiger partial charge is 0.339 e. The summed E-state index contributed by atoms with van der Waals surface area (Å²) in [6.45, 7) is 0. The van der Waals surface area contributed by atoms with Gasteiger partial charge in [0.05, 0.1) is 22.8 Å². The van der Waals surface area contributed by atoms with Gasteiger partial charge in [0, 0.05) is 9.79 Å². The number of nitrogens with one attached hydrogen (secondary N) is 2. The first-order chi connectivity index (χ1) is 17.8. The van der Waals surface area contributed by atoms with Crippen molar-refractivity contribution in [1.29, 1.82) is 0 Å². The Labute approximate surface area is 214 Å². The Kier molecular flexibility index (Phi) is 7.55. The summed E-state index contributed by atoms with van der Waals surface area (Å²) in [5, 5.41) is 26.7. The predicted octanol–water partition coefficient (Wildman–Crippen LogP) is 3.67. The molecule has 0 bridgehead atoms. The van der Waals surface area contributed by atoms with Gasteiger partial charge in [0.15, 0.2) is 11.6 Å². The third kappa shape index (κ3) is 6.16. The summed E-state index contributed by atoms with van der Waals surface area (Å²) in [7, 11) is 0. The molecule has 2 aromatic carbocycles. The van der Waals surface area contributed by atoms with Crippen molar-refractivity contribution in [3.05, 3.63) is 96.1 Å². The van der Waals surface area contributed by atoms with Crippen LogP contribution in [0.3, 0.4) is 0 Å². The molecule has 0 aromatic heterocycles. The van der Waals surface area contributed by atoms with Crippen LogP contribution >= 0.6 is 11.8 Å². The highest BCUT2D eigenvalue weighted by Gasteiger charge is 2.20. The van der Waals surface area contributed by atoms with Gasteiger partial charge >= 0.3 is 11.9 Å². The zero-order valence-corrected chi connectivity index (χ0v) is 19.7. The van der Waals surface area contributed by atoms with Crippen molar-refractivity contribution < 1.29 is 29.4 Å². The average Bonchev–Trinajstić information content (AvgIpc) is 2.89. The van der Waals surface area contributed by atoms with Gasteiger partial charge in [0.2, 0.25) is 0 Å². The molecule has 2 aliphatic carbocycles. The lowest BCUT2D eigenvalue weighted by Gasteiger charge is -2.13. The van der Waals surface area contributed by atoms with Crippen molar-refractivity contribution in [1.82, 2.24) is 0 Å². The highest BCUT2D eigenvalue weighted by Crippen LogP contribution is 2.37. The maximum absolute atomic E-state index is 11.7. The fourth-order valence-corrected chi connectivity index (χ4v) is 4.15. The van der Waals surface area contributed by atoms with E-state index in [-0.39, 0.29) is 22.6 Å². The van der Waals surface area contributed by atoms with Crippen LogP contribution in [-0.2, 0) is 19.2 Å². The predicted molar refractivity (Wildman–Crippen MR) is 139 cm³/mol. The molecule has 4 N–H and O–H groups in total. The third-order valence-electron chi connectivity index (χ3n) is 4.99. The number of benzene rings is 2. The molecule has 0 saturated carbocycles. The molecule has 0 spiro atoms. The monoisotopic (exact) mass is 514 g/mol. The number of hydrogen-bond acceptors (Lipinski definition) is 9. The number of anilines is 2. The van der Waals surface area contributed by atoms with Crippen molar-refractivity contribution in [3.63, 3.8) is 0 Å². The van der Waals surface area contributed by atoms with Crippen LogP contribution in [0.5, 0.6) is 0 Å². The molecule has 0 saturated heterocycles. The summed E-state index contributed by atoms with van der Waals surface area (Å²) in [5.41, 5.74) is 6.94. The lowest BCUT2D eigenvalue weighted by molar-refractivity contribution is -0.135. The molecular formula is C26H18N4O6S. The molecule has 37 heavy (non-hydrogen) atoms. The molecule has 0 radical (unpaired) electrons. The Bertz CT molecular complexity index is 1390. The van der Waals surface area contributed by atoms with Crippen molar-refractivity contribution in [2.75, 3.05) is 10.9 Å². The SMILES string of the molecule is O=C(O)C1=C/C(=N\Nc2ccccc2Sc2ccccc2N/N=C2/C=CC(=O)C(C(=O)O)=C2)C=CC1=O. The molecule has 10 nitrogen and oxygen atoms in total. The van der Waals surface area contributed by atoms with Gasteiger partial charge in [0.1, 0.15) is 11.1 Å². The summed E-state index contributed by atoms with van der Waals surface area (Å²) >= 11 is 1.40. The lowest BCUT2D eigenvalue weighted by Crippen LogP contribution is -2.16. The standard InChI is InChI=1S/C26H18N4O6S/c31-21-11-9-15(13-17(21)25(33)34)27-29-19-5-1-3-7-23(19)37-24-8-4-2-6-20(24)30-28-16-10-12-22(32)18(14-16)26(35)36/h1-14,29-30H,(H,33,34)(H,35,36)/b27-15-,28-16-. The summed E-state index contributed by atoms with van der Waals surface area (Å²) in [5.74, 6) is -3.84. The zero-order valence-electron chi connectivity index (χ0n) is 18.9. The summed E-state index contributed by atoms with van der Waals surface area (Å²) in [4.78, 5) is 47.4. The number of hydrazone groups is 2. The van der Waals surface area contributed by atoms with Crippen LogP contribution in [-0.4, -0.2) is 45.1 Å². The summed E-state index contributed by atoms with van der Waals surface area (Å²) < 4.78 is 0. The number of aliphatic carboxylic acids is 2. The van der Waals surface area contributed by atoms with Crippen LogP contribution in [0.25, 0.3) is 0 Å². The van der Waals surface area contributed by atoms with Crippen LogP contribution < -0.4 is 10.9 Å². The molecule has 2 aliphatic rings. The van der Waals surface area contributed by atoms with Gasteiger partial charge in [0.25, 0.3) is 0 Å². The van der Waals surface area contributed by atoms with E-state index in [1.165, 1.54) is 36.1 Å². The van der Waals surface area contributed by atoms with E-state index >= 15 is 0 Å². The average molecular weight is 515 g/mol. The number of para-hydroxylation sites is 2. The van der Waals surface area contributed by atoms with E-state index in [1.54, 1.807) is 12.1 Å². The summed E-state index contributed by atoms with van der Waals surface area (Å²) in [6.07, 6.45) is 7.55. The molecule has 4 rings (SSSR count). The first kappa shape index (κ1) is 25.1. The molecule has 0 atom stereocenters. The summed E-state index contributed by atoms with van der Waals surface area (Å²) in [6, 6.07) is 14.6. The fraction of sp³-hybridized carbons (Fsp3) is 0. The van der Waals surface area contributed by atoms with E-state index in [0.717, 1.165) is 21.9 Å². The topological polar surface area (TPSA) is 158 Å². The molecule has 11 heteroatoms. The number of rotatable bonds is 8. The highest BCUT2D eigenvalue weighted by atomic mass is 32.2. The quantitative estimate of drug-likeness (QED) is 0.234. The molecule has 184 valence electrons. The van der Waals surface area contributed by atoms with Crippen molar-refractivity contribution >= 4 is 58.1 Å². The van der Waals surface area contributed by atoms with E-state index in [0.29, 0.717) is 11.4 Å². The van der Waals surface area contributed by atoms with Crippen LogP contribution in [0.1, 0.15) is 0 Å². The number of nitrogens with zero attached hydrogens (tertiary/aromatic N) is 2. The Hall–Kier alpha value is -5.03. The Morgan fingerprint density at radius 3 is 1.46 bits per heavy atom. The van der Waals surface area contributed by atoms with E-state index in [9.17, 15) is 19.2 Å². The van der Waals surface area contributed by atoms with E-state index in [4.69, 9.17) is 10.2 Å². The maximum Gasteiger partial charge on any atom is 0.339 e.